The van der Waals surface area contributed by atoms with Crippen molar-refractivity contribution in [3.05, 3.63) is 42.0 Å². The third-order valence-electron chi connectivity index (χ3n) is 6.73. The summed E-state index contributed by atoms with van der Waals surface area (Å²) in [7, 11) is 0. The number of aliphatic hydroxyl groups excluding tert-OH is 1. The molecule has 5 heteroatoms. The first-order chi connectivity index (χ1) is 14.5. The van der Waals surface area contributed by atoms with Gasteiger partial charge < -0.3 is 19.6 Å². The maximum absolute atomic E-state index is 12.9. The molecule has 2 heterocycles. The number of likely N-dealkylation sites (tertiary alicyclic amines) is 2. The third-order valence-corrected chi connectivity index (χ3v) is 6.73. The average Bonchev–Trinajstić information content (AvgIpc) is 2.78. The third kappa shape index (κ3) is 4.79. The van der Waals surface area contributed by atoms with Crippen LogP contribution in [0.2, 0.25) is 0 Å². The molecule has 1 amide bonds. The molecular formula is C25H34N2O3. The number of ether oxygens (including phenoxy) is 1. The Morgan fingerprint density at radius 1 is 1.00 bits per heavy atom. The molecule has 0 unspecified atom stereocenters. The molecule has 0 aliphatic carbocycles. The van der Waals surface area contributed by atoms with Gasteiger partial charge in [-0.05, 0) is 80.5 Å². The summed E-state index contributed by atoms with van der Waals surface area (Å²) in [5.74, 6) is 1.34. The molecule has 4 rings (SSSR count). The van der Waals surface area contributed by atoms with Gasteiger partial charge in [0.25, 0.3) is 5.91 Å². The SMILES string of the molecule is CC(C)N1CCC(Oc2ccc3cc(C(=O)N4CCC(CO)CC4)ccc3c2)CC1. The van der Waals surface area contributed by atoms with Crippen LogP contribution in [0.25, 0.3) is 10.8 Å². The number of fused-ring (bicyclic) bond motifs is 1. The van der Waals surface area contributed by atoms with Crippen LogP contribution in [-0.4, -0.2) is 65.7 Å². The summed E-state index contributed by atoms with van der Waals surface area (Å²) < 4.78 is 6.26. The first kappa shape index (κ1) is 21.1. The highest BCUT2D eigenvalue weighted by Crippen LogP contribution is 2.26. The summed E-state index contributed by atoms with van der Waals surface area (Å²) in [6.45, 7) is 8.36. The number of carbonyl (C=O) groups excluding carboxylic acids is 1. The van der Waals surface area contributed by atoms with E-state index in [1.165, 1.54) is 0 Å². The molecule has 0 spiro atoms. The summed E-state index contributed by atoms with van der Waals surface area (Å²) in [4.78, 5) is 17.3. The number of hydrogen-bond donors (Lipinski definition) is 1. The van der Waals surface area contributed by atoms with E-state index in [0.717, 1.165) is 73.9 Å². The van der Waals surface area contributed by atoms with Gasteiger partial charge in [0.2, 0.25) is 0 Å². The van der Waals surface area contributed by atoms with E-state index in [1.807, 2.05) is 29.2 Å². The fourth-order valence-electron chi connectivity index (χ4n) is 4.63. The highest BCUT2D eigenvalue weighted by Gasteiger charge is 2.24. The zero-order valence-corrected chi connectivity index (χ0v) is 18.2. The minimum absolute atomic E-state index is 0.0885. The molecule has 0 saturated carbocycles. The molecule has 2 aromatic carbocycles. The molecule has 0 radical (unpaired) electrons. The Morgan fingerprint density at radius 3 is 2.33 bits per heavy atom. The lowest BCUT2D eigenvalue weighted by atomic mass is 9.97. The van der Waals surface area contributed by atoms with Gasteiger partial charge in [0, 0.05) is 44.4 Å². The van der Waals surface area contributed by atoms with E-state index < -0.39 is 0 Å². The number of nitrogens with zero attached hydrogens (tertiary/aromatic N) is 2. The molecule has 0 aromatic heterocycles. The lowest BCUT2D eigenvalue weighted by molar-refractivity contribution is 0.0651. The van der Waals surface area contributed by atoms with Crippen molar-refractivity contribution in [1.82, 2.24) is 9.80 Å². The van der Waals surface area contributed by atoms with Crippen molar-refractivity contribution in [2.75, 3.05) is 32.8 Å². The number of amides is 1. The Balaban J connectivity index is 1.40. The number of carbonyl (C=O) groups is 1. The van der Waals surface area contributed by atoms with E-state index >= 15 is 0 Å². The van der Waals surface area contributed by atoms with Gasteiger partial charge in [-0.2, -0.15) is 0 Å². The summed E-state index contributed by atoms with van der Waals surface area (Å²) in [6.07, 6.45) is 4.17. The summed E-state index contributed by atoms with van der Waals surface area (Å²) in [6, 6.07) is 12.7. The van der Waals surface area contributed by atoms with Crippen molar-refractivity contribution in [1.29, 1.82) is 0 Å². The highest BCUT2D eigenvalue weighted by atomic mass is 16.5. The van der Waals surface area contributed by atoms with Crippen LogP contribution in [0.3, 0.4) is 0 Å². The van der Waals surface area contributed by atoms with Crippen LogP contribution in [0.4, 0.5) is 0 Å². The fraction of sp³-hybridized carbons (Fsp3) is 0.560. The molecule has 1 N–H and O–H groups in total. The second-order valence-corrected chi connectivity index (χ2v) is 9.09. The van der Waals surface area contributed by atoms with Crippen molar-refractivity contribution >= 4 is 16.7 Å². The highest BCUT2D eigenvalue weighted by molar-refractivity contribution is 5.98. The van der Waals surface area contributed by atoms with Crippen LogP contribution in [0.1, 0.15) is 49.9 Å². The standard InChI is InChI=1S/C25H34N2O3/c1-18(2)26-13-9-23(10-14-26)30-24-6-5-20-15-22(4-3-21(20)16-24)25(29)27-11-7-19(17-28)8-12-27/h3-6,15-16,18-19,23,28H,7-14,17H2,1-2H3. The molecule has 0 bridgehead atoms. The monoisotopic (exact) mass is 410 g/mol. The van der Waals surface area contributed by atoms with Crippen LogP contribution in [0, 0.1) is 5.92 Å². The molecule has 2 aliphatic heterocycles. The zero-order valence-electron chi connectivity index (χ0n) is 18.2. The van der Waals surface area contributed by atoms with Gasteiger partial charge in [-0.25, -0.2) is 0 Å². The lowest BCUT2D eigenvalue weighted by Gasteiger charge is -2.34. The van der Waals surface area contributed by atoms with Gasteiger partial charge in [-0.1, -0.05) is 12.1 Å². The van der Waals surface area contributed by atoms with Crippen LogP contribution in [0.5, 0.6) is 5.75 Å². The molecule has 30 heavy (non-hydrogen) atoms. The van der Waals surface area contributed by atoms with Gasteiger partial charge in [-0.3, -0.25) is 4.79 Å². The van der Waals surface area contributed by atoms with E-state index in [-0.39, 0.29) is 18.6 Å². The lowest BCUT2D eigenvalue weighted by Crippen LogP contribution is -2.41. The molecule has 2 aromatic rings. The van der Waals surface area contributed by atoms with E-state index in [0.29, 0.717) is 12.0 Å². The van der Waals surface area contributed by atoms with Gasteiger partial charge in [-0.15, -0.1) is 0 Å². The second-order valence-electron chi connectivity index (χ2n) is 9.09. The molecule has 5 nitrogen and oxygen atoms in total. The largest absolute Gasteiger partial charge is 0.490 e. The molecule has 2 saturated heterocycles. The van der Waals surface area contributed by atoms with Crippen molar-refractivity contribution in [3.63, 3.8) is 0 Å². The zero-order chi connectivity index (χ0) is 21.1. The average molecular weight is 411 g/mol. The van der Waals surface area contributed by atoms with Crippen molar-refractivity contribution in [2.24, 2.45) is 5.92 Å². The Labute approximate surface area is 179 Å². The quantitative estimate of drug-likeness (QED) is 0.811. The minimum Gasteiger partial charge on any atom is -0.490 e. The van der Waals surface area contributed by atoms with Gasteiger partial charge in [0.15, 0.2) is 0 Å². The van der Waals surface area contributed by atoms with Crippen molar-refractivity contribution in [2.45, 2.75) is 51.7 Å². The summed E-state index contributed by atoms with van der Waals surface area (Å²) >= 11 is 0. The van der Waals surface area contributed by atoms with Crippen LogP contribution >= 0.6 is 0 Å². The van der Waals surface area contributed by atoms with Crippen LogP contribution in [0.15, 0.2) is 36.4 Å². The smallest absolute Gasteiger partial charge is 0.253 e. The van der Waals surface area contributed by atoms with E-state index in [2.05, 4.69) is 30.9 Å². The first-order valence-corrected chi connectivity index (χ1v) is 11.4. The molecule has 2 aliphatic rings. The van der Waals surface area contributed by atoms with E-state index in [1.54, 1.807) is 0 Å². The molecular weight excluding hydrogens is 376 g/mol. The fourth-order valence-corrected chi connectivity index (χ4v) is 4.63. The first-order valence-electron chi connectivity index (χ1n) is 11.4. The second kappa shape index (κ2) is 9.36. The maximum Gasteiger partial charge on any atom is 0.253 e. The predicted octanol–water partition coefficient (Wildman–Crippen LogP) is 3.94. The Hall–Kier alpha value is -2.11. The van der Waals surface area contributed by atoms with Gasteiger partial charge in [0.1, 0.15) is 11.9 Å². The molecule has 0 atom stereocenters. The normalized spacial score (nSPS) is 19.5. The summed E-state index contributed by atoms with van der Waals surface area (Å²) in [5, 5.41) is 11.5. The van der Waals surface area contributed by atoms with Crippen molar-refractivity contribution < 1.29 is 14.6 Å². The van der Waals surface area contributed by atoms with Gasteiger partial charge in [0.05, 0.1) is 0 Å². The minimum atomic E-state index is 0.0885. The van der Waals surface area contributed by atoms with Crippen molar-refractivity contribution in [3.8, 4) is 5.75 Å². The maximum atomic E-state index is 12.9. The van der Waals surface area contributed by atoms with Crippen LogP contribution < -0.4 is 4.74 Å². The molecule has 2 fully saturated rings. The van der Waals surface area contributed by atoms with Crippen LogP contribution in [-0.2, 0) is 0 Å². The number of rotatable bonds is 5. The van der Waals surface area contributed by atoms with E-state index in [4.69, 9.17) is 4.74 Å². The topological polar surface area (TPSA) is 53.0 Å². The van der Waals surface area contributed by atoms with E-state index in [9.17, 15) is 9.90 Å². The number of benzene rings is 2. The number of piperidine rings is 2. The Bertz CT molecular complexity index is 866. The van der Waals surface area contributed by atoms with Gasteiger partial charge >= 0.3 is 0 Å². The molecule has 162 valence electrons. The Kier molecular flexibility index (Phi) is 6.59. The summed E-state index contributed by atoms with van der Waals surface area (Å²) in [5.41, 5.74) is 0.736. The predicted molar refractivity (Wildman–Crippen MR) is 120 cm³/mol. The number of hydrogen-bond acceptors (Lipinski definition) is 4. The number of aliphatic hydroxyl groups is 1. The Morgan fingerprint density at radius 2 is 1.67 bits per heavy atom.